The number of halogens is 6. The number of fused-ring (bicyclic) bond motifs is 12. The summed E-state index contributed by atoms with van der Waals surface area (Å²) < 4.78 is 93.3. The van der Waals surface area contributed by atoms with Crippen LogP contribution >= 0.6 is 0 Å². The molecule has 0 amide bonds. The Hall–Kier alpha value is -12.6. The van der Waals surface area contributed by atoms with E-state index in [9.17, 15) is 47.4 Å². The van der Waals surface area contributed by atoms with Crippen LogP contribution in [0.5, 0.6) is 0 Å². The molecule has 0 aliphatic heterocycles. The van der Waals surface area contributed by atoms with Crippen molar-refractivity contribution in [2.75, 3.05) is 0 Å². The van der Waals surface area contributed by atoms with Gasteiger partial charge in [0.05, 0.1) is 101 Å². The van der Waals surface area contributed by atoms with E-state index in [-0.39, 0.29) is 22.3 Å². The molecule has 16 aromatic rings. The van der Waals surface area contributed by atoms with Crippen LogP contribution in [-0.2, 0) is 12.4 Å². The Morgan fingerprint density at radius 2 is 0.615 bits per heavy atom. The molecular weight excluding hydrogens is 1210 g/mol. The van der Waals surface area contributed by atoms with Gasteiger partial charge in [-0.3, -0.25) is 0 Å². The molecule has 0 bridgehead atoms. The molecule has 0 aliphatic carbocycles. The molecule has 0 saturated heterocycles. The highest BCUT2D eigenvalue weighted by molar-refractivity contribution is 6.14. The topological polar surface area (TPSA) is 115 Å². The number of aryl methyl sites for hydroxylation is 4. The first-order valence-electron chi connectivity index (χ1n) is 30.8. The van der Waals surface area contributed by atoms with Gasteiger partial charge in [-0.1, -0.05) is 131 Å². The first kappa shape index (κ1) is 59.7. The molecule has 460 valence electrons. The largest absolute Gasteiger partial charge is 0.417 e. The van der Waals surface area contributed by atoms with E-state index < -0.39 is 23.5 Å². The number of nitriles is 4. The fourth-order valence-electron chi connectivity index (χ4n) is 14.0. The fraction of sp³-hybridized carbons (Fsp3) is 0.0732. The summed E-state index contributed by atoms with van der Waals surface area (Å²) in [6, 6.07) is 78.7. The van der Waals surface area contributed by atoms with Crippen LogP contribution in [0.25, 0.3) is 132 Å². The molecule has 0 aliphatic rings. The predicted octanol–water partition coefficient (Wildman–Crippen LogP) is 21.9. The third-order valence-corrected chi connectivity index (χ3v) is 18.2. The zero-order valence-electron chi connectivity index (χ0n) is 51.8. The number of benzene rings is 12. The molecule has 0 spiro atoms. The normalized spacial score (nSPS) is 11.8. The number of rotatable bonds is 6. The van der Waals surface area contributed by atoms with Gasteiger partial charge in [0.2, 0.25) is 0 Å². The van der Waals surface area contributed by atoms with Gasteiger partial charge in [-0.25, -0.2) is 0 Å². The maximum Gasteiger partial charge on any atom is 0.417 e. The van der Waals surface area contributed by atoms with Gasteiger partial charge in [0.15, 0.2) is 0 Å². The predicted molar refractivity (Wildman–Crippen MR) is 369 cm³/mol. The summed E-state index contributed by atoms with van der Waals surface area (Å²) in [5.41, 5.74) is 12.9. The van der Waals surface area contributed by atoms with Crippen molar-refractivity contribution in [2.24, 2.45) is 0 Å². The Labute approximate surface area is 545 Å². The SMILES string of the molecule is Cc1ccc2c(c1)c1ccccc1n2-c1cc(-c2ccc(C#N)cc2C(F)(F)F)cc(-n2c3ccccc3c3cc(C)ccc32)c1C#N.Cc1ccc2c(c1)c1ccccc1n2-c1cc(-c2ccc(C(F)(F)F)cc2C#N)cc(-n2c3ccccc3c3cc(C)ccc32)c1C#N. The zero-order chi connectivity index (χ0) is 66.6. The van der Waals surface area contributed by atoms with E-state index >= 15 is 0 Å². The molecule has 14 heteroatoms. The van der Waals surface area contributed by atoms with Crippen LogP contribution in [0.1, 0.15) is 55.6 Å². The number of para-hydroxylation sites is 4. The van der Waals surface area contributed by atoms with Crippen molar-refractivity contribution in [1.82, 2.24) is 18.3 Å². The smallest absolute Gasteiger partial charge is 0.308 e. The zero-order valence-corrected chi connectivity index (χ0v) is 51.8. The minimum Gasteiger partial charge on any atom is -0.308 e. The van der Waals surface area contributed by atoms with Crippen molar-refractivity contribution in [1.29, 1.82) is 21.0 Å². The second-order valence-electron chi connectivity index (χ2n) is 24.2. The summed E-state index contributed by atoms with van der Waals surface area (Å²) in [5.74, 6) is 0. The third kappa shape index (κ3) is 9.65. The van der Waals surface area contributed by atoms with E-state index in [1.54, 1.807) is 12.1 Å². The Kier molecular flexibility index (Phi) is 14.0. The van der Waals surface area contributed by atoms with E-state index in [4.69, 9.17) is 0 Å². The van der Waals surface area contributed by atoms with E-state index in [1.807, 2.05) is 216 Å². The van der Waals surface area contributed by atoms with Crippen molar-refractivity contribution in [3.8, 4) is 69.3 Å². The molecule has 96 heavy (non-hydrogen) atoms. The molecule has 8 nitrogen and oxygen atoms in total. The molecule has 12 aromatic carbocycles. The molecule has 4 aromatic heterocycles. The standard InChI is InChI=1S/2C41H25F3N4/c1-24-11-15-37-32(17-24)30-7-3-5-9-35(30)47(37)39-20-26(29-14-13-28(41(42,43)44)19-27(29)22-45)21-40(34(39)23-46)48-36-10-6-4-8-31(36)33-18-25(2)12-16-38(33)48;1-24-11-15-37-31(17-24)29-7-3-5-9-35(29)47(37)39-20-27(28-14-13-26(22-45)19-34(28)41(42,43)44)21-40(33(39)23-46)48-36-10-6-4-8-30(36)32-18-25(2)12-16-38(32)48/h2*3-21H,1-2H3. The average molecular weight is 1260 g/mol. The summed E-state index contributed by atoms with van der Waals surface area (Å²) in [6.07, 6.45) is -9.33. The minimum atomic E-state index is -4.73. The average Bonchev–Trinajstić information content (AvgIpc) is 1.53. The molecule has 0 saturated carbocycles. The lowest BCUT2D eigenvalue weighted by Gasteiger charge is -2.20. The monoisotopic (exact) mass is 1260 g/mol. The van der Waals surface area contributed by atoms with Crippen LogP contribution in [0, 0.1) is 73.0 Å². The molecule has 0 atom stereocenters. The van der Waals surface area contributed by atoms with Crippen molar-refractivity contribution >= 4 is 87.2 Å². The second-order valence-corrected chi connectivity index (χ2v) is 24.2. The van der Waals surface area contributed by atoms with Crippen LogP contribution in [0.2, 0.25) is 0 Å². The maximum atomic E-state index is 14.7. The van der Waals surface area contributed by atoms with E-state index in [0.29, 0.717) is 45.0 Å². The molecular formula is C82H50F6N8. The van der Waals surface area contributed by atoms with Gasteiger partial charge >= 0.3 is 12.4 Å². The lowest BCUT2D eigenvalue weighted by Crippen LogP contribution is -2.09. The summed E-state index contributed by atoms with van der Waals surface area (Å²) in [7, 11) is 0. The van der Waals surface area contributed by atoms with Gasteiger partial charge < -0.3 is 18.3 Å². The van der Waals surface area contributed by atoms with Crippen LogP contribution in [0.4, 0.5) is 26.3 Å². The van der Waals surface area contributed by atoms with E-state index in [0.717, 1.165) is 128 Å². The highest BCUT2D eigenvalue weighted by Crippen LogP contribution is 2.46. The van der Waals surface area contributed by atoms with Crippen LogP contribution in [0.3, 0.4) is 0 Å². The fourth-order valence-corrected chi connectivity index (χ4v) is 14.0. The van der Waals surface area contributed by atoms with Gasteiger partial charge in [0, 0.05) is 43.1 Å². The number of hydrogen-bond donors (Lipinski definition) is 0. The Balaban J connectivity index is 0.000000158. The highest BCUT2D eigenvalue weighted by Gasteiger charge is 2.36. The van der Waals surface area contributed by atoms with Gasteiger partial charge in [0.1, 0.15) is 23.3 Å². The first-order valence-corrected chi connectivity index (χ1v) is 30.8. The number of alkyl halides is 6. The number of aromatic nitrogens is 4. The summed E-state index contributed by atoms with van der Waals surface area (Å²) in [4.78, 5) is 0. The molecule has 0 radical (unpaired) electrons. The molecule has 0 N–H and O–H groups in total. The molecule has 0 unspecified atom stereocenters. The summed E-state index contributed by atoms with van der Waals surface area (Å²) >= 11 is 0. The number of hydrogen-bond acceptors (Lipinski definition) is 4. The Bertz CT molecular complexity index is 5900. The first-order chi connectivity index (χ1) is 46.3. The molecule has 16 rings (SSSR count). The lowest BCUT2D eigenvalue weighted by molar-refractivity contribution is -0.138. The Morgan fingerprint density at radius 1 is 0.292 bits per heavy atom. The van der Waals surface area contributed by atoms with Crippen molar-refractivity contribution in [2.45, 2.75) is 40.0 Å². The summed E-state index contributed by atoms with van der Waals surface area (Å²) in [6.45, 7) is 8.09. The minimum absolute atomic E-state index is 0.0817. The van der Waals surface area contributed by atoms with Gasteiger partial charge in [-0.05, 0) is 171 Å². The van der Waals surface area contributed by atoms with Crippen LogP contribution < -0.4 is 0 Å². The van der Waals surface area contributed by atoms with Gasteiger partial charge in [-0.2, -0.15) is 47.4 Å². The van der Waals surface area contributed by atoms with Crippen LogP contribution in [0.15, 0.2) is 231 Å². The van der Waals surface area contributed by atoms with Gasteiger partial charge in [-0.15, -0.1) is 0 Å². The van der Waals surface area contributed by atoms with Crippen molar-refractivity contribution in [3.05, 3.63) is 286 Å². The van der Waals surface area contributed by atoms with Gasteiger partial charge in [0.25, 0.3) is 0 Å². The maximum absolute atomic E-state index is 14.7. The second kappa shape index (κ2) is 22.6. The van der Waals surface area contributed by atoms with E-state index in [1.165, 1.54) is 18.2 Å². The van der Waals surface area contributed by atoms with E-state index in [2.05, 4.69) is 36.4 Å². The van der Waals surface area contributed by atoms with Crippen molar-refractivity contribution < 1.29 is 26.3 Å². The third-order valence-electron chi connectivity index (χ3n) is 18.2. The van der Waals surface area contributed by atoms with Crippen LogP contribution in [-0.4, -0.2) is 18.3 Å². The molecule has 4 heterocycles. The number of nitrogens with zero attached hydrogens (tertiary/aromatic N) is 8. The summed E-state index contributed by atoms with van der Waals surface area (Å²) in [5, 5.41) is 49.5. The lowest BCUT2D eigenvalue weighted by atomic mass is 9.94. The quantitative estimate of drug-likeness (QED) is 0.154. The molecule has 0 fully saturated rings. The van der Waals surface area contributed by atoms with Crippen molar-refractivity contribution in [3.63, 3.8) is 0 Å². The Morgan fingerprint density at radius 3 is 0.927 bits per heavy atom. The highest BCUT2D eigenvalue weighted by atomic mass is 19.4.